The zero-order chi connectivity index (χ0) is 23.6. The van der Waals surface area contributed by atoms with Gasteiger partial charge in [0, 0.05) is 11.1 Å². The minimum atomic E-state index is -1.92. The van der Waals surface area contributed by atoms with Gasteiger partial charge in [-0.15, -0.1) is 0 Å². The minimum absolute atomic E-state index is 0.220. The molecule has 0 fully saturated rings. The Morgan fingerprint density at radius 1 is 0.939 bits per heavy atom. The molecule has 1 aliphatic rings. The number of hydrogen-bond donors (Lipinski definition) is 1. The number of ketones is 1. The third kappa shape index (κ3) is 4.10. The van der Waals surface area contributed by atoms with Gasteiger partial charge in [0.25, 0.3) is 5.91 Å². The second-order valence-electron chi connectivity index (χ2n) is 8.11. The first-order valence-electron chi connectivity index (χ1n) is 10.9. The lowest BCUT2D eigenvalue weighted by atomic mass is 9.88. The maximum absolute atomic E-state index is 13.5. The summed E-state index contributed by atoms with van der Waals surface area (Å²) in [5.41, 5.74) is 1.51. The van der Waals surface area contributed by atoms with Gasteiger partial charge in [0.2, 0.25) is 0 Å². The fraction of sp³-hybridized carbons (Fsp3) is 0.259. The predicted molar refractivity (Wildman–Crippen MR) is 126 cm³/mol. The number of nitrogens with zero attached hydrogens (tertiary/aromatic N) is 1. The molecule has 0 bridgehead atoms. The van der Waals surface area contributed by atoms with Gasteiger partial charge in [-0.2, -0.15) is 0 Å². The number of aryl methyl sites for hydroxylation is 1. The molecule has 0 unspecified atom stereocenters. The quantitative estimate of drug-likeness (QED) is 0.524. The van der Waals surface area contributed by atoms with E-state index in [1.807, 2.05) is 31.2 Å². The first-order chi connectivity index (χ1) is 15.9. The number of rotatable bonds is 8. The van der Waals surface area contributed by atoms with E-state index in [1.54, 1.807) is 56.7 Å². The molecule has 170 valence electrons. The summed E-state index contributed by atoms with van der Waals surface area (Å²) in [5.74, 6) is 0.342. The first-order valence-corrected chi connectivity index (χ1v) is 10.9. The second-order valence-corrected chi connectivity index (χ2v) is 8.11. The highest BCUT2D eigenvalue weighted by atomic mass is 16.5. The van der Waals surface area contributed by atoms with Crippen molar-refractivity contribution in [3.8, 4) is 11.5 Å². The first kappa shape index (κ1) is 22.6. The van der Waals surface area contributed by atoms with Crippen molar-refractivity contribution in [3.63, 3.8) is 0 Å². The molecular weight excluding hydrogens is 418 g/mol. The smallest absolute Gasteiger partial charge is 0.264 e. The molecule has 0 saturated carbocycles. The number of anilines is 1. The highest BCUT2D eigenvalue weighted by Crippen LogP contribution is 2.44. The molecule has 6 heteroatoms. The molecule has 4 rings (SSSR count). The van der Waals surface area contributed by atoms with Crippen LogP contribution in [0.1, 0.15) is 40.4 Å². The highest BCUT2D eigenvalue weighted by molar-refractivity contribution is 6.10. The summed E-state index contributed by atoms with van der Waals surface area (Å²) in [6.07, 6.45) is 0.548. The number of carbonyl (C=O) groups excluding carboxylic acids is 2. The van der Waals surface area contributed by atoms with Crippen molar-refractivity contribution in [1.29, 1.82) is 0 Å². The van der Waals surface area contributed by atoms with E-state index in [0.717, 1.165) is 17.5 Å². The van der Waals surface area contributed by atoms with E-state index in [9.17, 15) is 14.7 Å². The second kappa shape index (κ2) is 9.08. The van der Waals surface area contributed by atoms with Gasteiger partial charge in [0.1, 0.15) is 0 Å². The van der Waals surface area contributed by atoms with Crippen LogP contribution in [0.25, 0.3) is 0 Å². The maximum Gasteiger partial charge on any atom is 0.264 e. The molecule has 0 radical (unpaired) electrons. The van der Waals surface area contributed by atoms with E-state index < -0.39 is 11.5 Å². The van der Waals surface area contributed by atoms with Crippen molar-refractivity contribution in [2.45, 2.75) is 31.9 Å². The Hall–Kier alpha value is -3.64. The topological polar surface area (TPSA) is 76.1 Å². The summed E-state index contributed by atoms with van der Waals surface area (Å²) in [6, 6.07) is 19.8. The molecule has 3 aromatic carbocycles. The third-order valence-corrected chi connectivity index (χ3v) is 6.13. The number of methoxy groups -OCH3 is 2. The van der Waals surface area contributed by atoms with Crippen molar-refractivity contribution in [2.75, 3.05) is 19.1 Å². The number of benzene rings is 3. The Bertz CT molecular complexity index is 1190. The fourth-order valence-electron chi connectivity index (χ4n) is 4.26. The van der Waals surface area contributed by atoms with Crippen LogP contribution in [0.2, 0.25) is 0 Å². The summed E-state index contributed by atoms with van der Waals surface area (Å²) in [6.45, 7) is 2.26. The summed E-state index contributed by atoms with van der Waals surface area (Å²) < 4.78 is 10.7. The summed E-state index contributed by atoms with van der Waals surface area (Å²) in [7, 11) is 3.11. The molecule has 1 N–H and O–H groups in total. The molecule has 0 spiro atoms. The van der Waals surface area contributed by atoms with Crippen LogP contribution in [0.3, 0.4) is 0 Å². The third-order valence-electron chi connectivity index (χ3n) is 6.13. The van der Waals surface area contributed by atoms with Crippen LogP contribution in [0.5, 0.6) is 11.5 Å². The summed E-state index contributed by atoms with van der Waals surface area (Å²) in [4.78, 5) is 28.0. The SMILES string of the molecule is CCc1ccc(C(=O)C[C@@]2(O)C(=O)N(Cc3ccc(OC)c(OC)c3)c3ccccc32)cc1. The molecule has 1 atom stereocenters. The zero-order valence-corrected chi connectivity index (χ0v) is 19.0. The van der Waals surface area contributed by atoms with Gasteiger partial charge >= 0.3 is 0 Å². The van der Waals surface area contributed by atoms with Crippen molar-refractivity contribution in [1.82, 2.24) is 0 Å². The molecule has 0 aliphatic carbocycles. The molecule has 1 heterocycles. The number of Topliss-reactive ketones (excluding diaryl/α,β-unsaturated/α-hetero) is 1. The van der Waals surface area contributed by atoms with Gasteiger partial charge in [-0.25, -0.2) is 0 Å². The van der Waals surface area contributed by atoms with Gasteiger partial charge < -0.3 is 19.5 Å². The Balaban J connectivity index is 1.64. The van der Waals surface area contributed by atoms with E-state index >= 15 is 0 Å². The molecule has 3 aromatic rings. The average Bonchev–Trinajstić information content (AvgIpc) is 3.05. The van der Waals surface area contributed by atoms with Crippen molar-refractivity contribution in [2.24, 2.45) is 0 Å². The van der Waals surface area contributed by atoms with Crippen LogP contribution in [0, 0.1) is 0 Å². The number of hydrogen-bond acceptors (Lipinski definition) is 5. The predicted octanol–water partition coefficient (Wildman–Crippen LogP) is 4.27. The summed E-state index contributed by atoms with van der Waals surface area (Å²) in [5, 5.41) is 11.5. The van der Waals surface area contributed by atoms with E-state index in [0.29, 0.717) is 28.3 Å². The Morgan fingerprint density at radius 2 is 1.61 bits per heavy atom. The Labute approximate surface area is 193 Å². The Kier molecular flexibility index (Phi) is 6.20. The number of amides is 1. The molecule has 33 heavy (non-hydrogen) atoms. The number of carbonyl (C=O) groups is 2. The maximum atomic E-state index is 13.5. The van der Waals surface area contributed by atoms with Crippen LogP contribution in [-0.2, 0) is 23.4 Å². The standard InChI is InChI=1S/C27H27NO5/c1-4-18-9-12-20(13-10-18)23(29)16-27(31)21-7-5-6-8-22(21)28(26(27)30)17-19-11-14-24(32-2)25(15-19)33-3/h5-15,31H,4,16-17H2,1-3H3/t27-/m0/s1. The largest absolute Gasteiger partial charge is 0.493 e. The monoisotopic (exact) mass is 445 g/mol. The van der Waals surface area contributed by atoms with E-state index in [1.165, 1.54) is 4.90 Å². The number of ether oxygens (including phenoxy) is 2. The van der Waals surface area contributed by atoms with E-state index in [2.05, 4.69) is 0 Å². The van der Waals surface area contributed by atoms with Gasteiger partial charge in [-0.3, -0.25) is 9.59 Å². The van der Waals surface area contributed by atoms with Gasteiger partial charge in [0.05, 0.1) is 32.9 Å². The van der Waals surface area contributed by atoms with Crippen LogP contribution in [0.4, 0.5) is 5.69 Å². The molecule has 1 amide bonds. The molecular formula is C27H27NO5. The van der Waals surface area contributed by atoms with Crippen molar-refractivity contribution in [3.05, 3.63) is 89.0 Å². The lowest BCUT2D eigenvalue weighted by Gasteiger charge is -2.23. The lowest BCUT2D eigenvalue weighted by molar-refractivity contribution is -0.136. The van der Waals surface area contributed by atoms with Gasteiger partial charge in [-0.05, 0) is 35.7 Å². The van der Waals surface area contributed by atoms with Crippen LogP contribution in [0.15, 0.2) is 66.7 Å². The number of aliphatic hydroxyl groups is 1. The molecule has 6 nitrogen and oxygen atoms in total. The average molecular weight is 446 g/mol. The van der Waals surface area contributed by atoms with Gasteiger partial charge in [0.15, 0.2) is 22.9 Å². The van der Waals surface area contributed by atoms with Crippen molar-refractivity contribution >= 4 is 17.4 Å². The molecule has 0 aromatic heterocycles. The van der Waals surface area contributed by atoms with E-state index in [4.69, 9.17) is 9.47 Å². The molecule has 1 aliphatic heterocycles. The lowest BCUT2D eigenvalue weighted by Crippen LogP contribution is -2.41. The molecule has 0 saturated heterocycles. The summed E-state index contributed by atoms with van der Waals surface area (Å²) >= 11 is 0. The highest BCUT2D eigenvalue weighted by Gasteiger charge is 2.50. The van der Waals surface area contributed by atoms with Gasteiger partial charge in [-0.1, -0.05) is 55.5 Å². The van der Waals surface area contributed by atoms with Crippen molar-refractivity contribution < 1.29 is 24.2 Å². The minimum Gasteiger partial charge on any atom is -0.493 e. The van der Waals surface area contributed by atoms with Crippen LogP contribution >= 0.6 is 0 Å². The number of fused-ring (bicyclic) bond motifs is 1. The fourth-order valence-corrected chi connectivity index (χ4v) is 4.26. The zero-order valence-electron chi connectivity index (χ0n) is 19.0. The number of para-hydroxylation sites is 1. The van der Waals surface area contributed by atoms with Crippen LogP contribution < -0.4 is 14.4 Å². The van der Waals surface area contributed by atoms with Crippen LogP contribution in [-0.4, -0.2) is 31.0 Å². The Morgan fingerprint density at radius 3 is 2.27 bits per heavy atom. The normalized spacial score (nSPS) is 17.1. The van der Waals surface area contributed by atoms with E-state index in [-0.39, 0.29) is 18.7 Å².